The van der Waals surface area contributed by atoms with Gasteiger partial charge in [-0.15, -0.1) is 11.3 Å². The Labute approximate surface area is 217 Å². The number of piperidine rings is 1. The van der Waals surface area contributed by atoms with Crippen LogP contribution in [0, 0.1) is 15.9 Å². The molecule has 0 amide bonds. The zero-order valence-electron chi connectivity index (χ0n) is 20.3. The minimum absolute atomic E-state index is 0.0148. The third kappa shape index (κ3) is 4.58. The normalized spacial score (nSPS) is 19.6. The van der Waals surface area contributed by atoms with Crippen molar-refractivity contribution in [1.29, 1.82) is 0 Å². The van der Waals surface area contributed by atoms with Crippen LogP contribution in [-0.2, 0) is 4.74 Å². The first-order valence-electron chi connectivity index (χ1n) is 11.8. The van der Waals surface area contributed by atoms with Gasteiger partial charge in [-0.3, -0.25) is 10.1 Å². The van der Waals surface area contributed by atoms with E-state index in [9.17, 15) is 19.3 Å². The number of aliphatic imine (C=N–C) groups is 1. The molecule has 9 nitrogen and oxygen atoms in total. The van der Waals surface area contributed by atoms with Crippen LogP contribution in [0.1, 0.15) is 34.5 Å². The Morgan fingerprint density at radius 2 is 1.81 bits per heavy atom. The van der Waals surface area contributed by atoms with E-state index in [0.717, 1.165) is 43.2 Å². The monoisotopic (exact) mass is 541 g/mol. The number of nitrogens with zero attached hydrogens (tertiary/aromatic N) is 5. The van der Waals surface area contributed by atoms with Gasteiger partial charge in [-0.1, -0.05) is 6.42 Å². The molecule has 0 N–H and O–H groups in total. The molecule has 1 saturated heterocycles. The van der Waals surface area contributed by atoms with Gasteiger partial charge < -0.3 is 9.41 Å². The van der Waals surface area contributed by atoms with Gasteiger partial charge in [-0.2, -0.15) is 0 Å². The van der Waals surface area contributed by atoms with Crippen LogP contribution in [0.4, 0.5) is 20.8 Å². The molecule has 192 valence electrons. The topological polar surface area (TPSA) is 101 Å². The Morgan fingerprint density at radius 1 is 1.14 bits per heavy atom. The minimum atomic E-state index is -2.77. The Kier molecular flexibility index (Phi) is 6.94. The van der Waals surface area contributed by atoms with Crippen molar-refractivity contribution < 1.29 is 18.8 Å². The number of rotatable bonds is 5. The van der Waals surface area contributed by atoms with Gasteiger partial charge in [0.15, 0.2) is 7.36 Å². The van der Waals surface area contributed by atoms with Crippen LogP contribution in [0.2, 0.25) is 0 Å². The number of nitro groups is 1. The predicted molar refractivity (Wildman–Crippen MR) is 143 cm³/mol. The quantitative estimate of drug-likeness (QED) is 0.168. The molecule has 3 heterocycles. The molecular formula is C25H25FN5O4PS. The lowest BCUT2D eigenvalue weighted by molar-refractivity contribution is -0.384. The molecule has 5 rings (SSSR count). The first-order chi connectivity index (χ1) is 17.8. The van der Waals surface area contributed by atoms with Crippen molar-refractivity contribution in [1.82, 2.24) is 9.34 Å². The molecule has 0 saturated carbocycles. The van der Waals surface area contributed by atoms with E-state index in [2.05, 4.69) is 9.34 Å². The average Bonchev–Trinajstić information content (AvgIpc) is 3.36. The maximum atomic E-state index is 13.8. The molecule has 0 radical (unpaired) electrons. The number of benzene rings is 2. The maximum absolute atomic E-state index is 13.8. The molecule has 1 fully saturated rings. The Hall–Kier alpha value is -3.40. The summed E-state index contributed by atoms with van der Waals surface area (Å²) in [5.41, 5.74) is 1.30. The van der Waals surface area contributed by atoms with Crippen LogP contribution in [0.5, 0.6) is 0 Å². The van der Waals surface area contributed by atoms with Gasteiger partial charge in [0.05, 0.1) is 23.0 Å². The number of thiophene rings is 1. The maximum Gasteiger partial charge on any atom is 0.348 e. The van der Waals surface area contributed by atoms with E-state index in [1.165, 1.54) is 42.7 Å². The molecule has 1 aromatic heterocycles. The molecule has 3 aromatic rings. The lowest BCUT2D eigenvalue weighted by Crippen LogP contribution is -2.42. The Bertz CT molecular complexity index is 1430. The number of esters is 1. The smallest absolute Gasteiger partial charge is 0.348 e. The van der Waals surface area contributed by atoms with Gasteiger partial charge in [0.1, 0.15) is 21.5 Å². The van der Waals surface area contributed by atoms with Crippen LogP contribution < -0.4 is 5.30 Å². The Morgan fingerprint density at radius 3 is 2.43 bits per heavy atom. The van der Waals surface area contributed by atoms with E-state index in [-0.39, 0.29) is 11.5 Å². The van der Waals surface area contributed by atoms with Crippen LogP contribution in [-0.4, -0.2) is 53.3 Å². The standard InChI is InChI=1S/C25H25FN5O4PS/c1-29-23(17-6-8-18(26)9-7-17)27-24-21(16-22(37-24)25(32)35-2)36(29,30-14-4-3-5-15-30)28-19-10-12-20(13-11-19)31(33)34/h6-13,16H,3-5,14-15H2,1-2H3. The second-order valence-electron chi connectivity index (χ2n) is 8.71. The zero-order chi connectivity index (χ0) is 26.2. The molecule has 2 aromatic carbocycles. The van der Waals surface area contributed by atoms with Gasteiger partial charge in [0, 0.05) is 37.8 Å². The van der Waals surface area contributed by atoms with Crippen molar-refractivity contribution in [2.75, 3.05) is 27.2 Å². The second kappa shape index (κ2) is 10.2. The summed E-state index contributed by atoms with van der Waals surface area (Å²) in [6.45, 7) is 1.60. The van der Waals surface area contributed by atoms with Crippen LogP contribution in [0.15, 0.2) is 64.3 Å². The lowest BCUT2D eigenvalue weighted by Gasteiger charge is -2.46. The van der Waals surface area contributed by atoms with Gasteiger partial charge in [0.2, 0.25) is 0 Å². The number of hydrogen-bond donors (Lipinski definition) is 0. The number of carbonyl (C=O) groups excluding carboxylic acids is 1. The highest BCUT2D eigenvalue weighted by atomic mass is 32.1. The molecule has 2 aliphatic rings. The summed E-state index contributed by atoms with van der Waals surface area (Å²) in [6.07, 6.45) is 3.11. The van der Waals surface area contributed by atoms with Crippen molar-refractivity contribution in [3.8, 4) is 0 Å². The molecule has 0 spiro atoms. The highest BCUT2D eigenvalue weighted by Crippen LogP contribution is 2.62. The second-order valence-corrected chi connectivity index (χ2v) is 12.7. The van der Waals surface area contributed by atoms with Crippen molar-refractivity contribution in [2.45, 2.75) is 19.3 Å². The summed E-state index contributed by atoms with van der Waals surface area (Å²) in [7, 11) is 0.500. The molecular weight excluding hydrogens is 516 g/mol. The van der Waals surface area contributed by atoms with E-state index in [1.54, 1.807) is 24.3 Å². The first-order valence-corrected chi connectivity index (χ1v) is 14.2. The molecule has 0 bridgehead atoms. The number of ether oxygens (including phenoxy) is 1. The number of nitro benzene ring substituents is 1. The van der Waals surface area contributed by atoms with Crippen LogP contribution in [0.25, 0.3) is 0 Å². The van der Waals surface area contributed by atoms with Crippen molar-refractivity contribution in [2.24, 2.45) is 9.74 Å². The van der Waals surface area contributed by atoms with Gasteiger partial charge >= 0.3 is 5.97 Å². The SMILES string of the molecule is COC(=O)c1cc2c(s1)N=C(c1ccc(F)cc1)N(C)P2(=Nc1ccc([N+](=O)[O-])cc1)N1CCCCC1. The van der Waals surface area contributed by atoms with E-state index in [1.807, 2.05) is 13.1 Å². The van der Waals surface area contributed by atoms with E-state index in [4.69, 9.17) is 14.5 Å². The van der Waals surface area contributed by atoms with Gasteiger partial charge in [-0.25, -0.2) is 23.6 Å². The van der Waals surface area contributed by atoms with Crippen molar-refractivity contribution in [3.63, 3.8) is 0 Å². The molecule has 37 heavy (non-hydrogen) atoms. The third-order valence-electron chi connectivity index (χ3n) is 6.48. The molecule has 0 aliphatic carbocycles. The summed E-state index contributed by atoms with van der Waals surface area (Å²) in [5.74, 6) is -0.178. The number of hydrogen-bond acceptors (Lipinski definition) is 7. The van der Waals surface area contributed by atoms with Gasteiger partial charge in [-0.05, 0) is 55.3 Å². The fourth-order valence-corrected chi connectivity index (χ4v) is 9.81. The van der Waals surface area contributed by atoms with Crippen molar-refractivity contribution >= 4 is 52.2 Å². The number of methoxy groups -OCH3 is 1. The predicted octanol–water partition coefficient (Wildman–Crippen LogP) is 6.08. The summed E-state index contributed by atoms with van der Waals surface area (Å²) in [4.78, 5) is 28.7. The molecule has 1 unspecified atom stereocenters. The number of carbonyl (C=O) groups is 1. The fraction of sp³-hybridized carbons (Fsp3) is 0.280. The third-order valence-corrected chi connectivity index (χ3v) is 11.4. The number of amidine groups is 1. The summed E-state index contributed by atoms with van der Waals surface area (Å²) < 4.78 is 28.5. The van der Waals surface area contributed by atoms with E-state index >= 15 is 0 Å². The van der Waals surface area contributed by atoms with E-state index in [0.29, 0.717) is 21.4 Å². The van der Waals surface area contributed by atoms with Crippen molar-refractivity contribution in [3.05, 3.63) is 81.0 Å². The number of halogens is 1. The van der Waals surface area contributed by atoms with Crippen LogP contribution >= 0.6 is 18.7 Å². The molecule has 12 heteroatoms. The highest BCUT2D eigenvalue weighted by Gasteiger charge is 2.43. The highest BCUT2D eigenvalue weighted by molar-refractivity contribution is 7.71. The van der Waals surface area contributed by atoms with E-state index < -0.39 is 18.2 Å². The Balaban J connectivity index is 1.79. The lowest BCUT2D eigenvalue weighted by atomic mass is 10.2. The average molecular weight is 542 g/mol. The zero-order valence-corrected chi connectivity index (χ0v) is 22.0. The largest absolute Gasteiger partial charge is 0.465 e. The molecule has 1 atom stereocenters. The fourth-order valence-electron chi connectivity index (χ4n) is 4.67. The first kappa shape index (κ1) is 25.3. The number of non-ortho nitro benzene ring substituents is 1. The number of fused-ring (bicyclic) bond motifs is 1. The van der Waals surface area contributed by atoms with Gasteiger partial charge in [0.25, 0.3) is 5.69 Å². The molecule has 2 aliphatic heterocycles. The summed E-state index contributed by atoms with van der Waals surface area (Å²) in [6, 6.07) is 14.2. The van der Waals surface area contributed by atoms with Crippen LogP contribution in [0.3, 0.4) is 0 Å². The summed E-state index contributed by atoms with van der Waals surface area (Å²) >= 11 is 1.24. The minimum Gasteiger partial charge on any atom is -0.465 e. The summed E-state index contributed by atoms with van der Waals surface area (Å²) in [5, 5.41) is 12.7.